The average Bonchev–Trinajstić information content (AvgIpc) is 1.31. The van der Waals surface area contributed by atoms with Crippen molar-refractivity contribution in [3.8, 4) is 0 Å². The summed E-state index contributed by atoms with van der Waals surface area (Å²) in [5, 5.41) is 0. The van der Waals surface area contributed by atoms with Gasteiger partial charge in [-0.25, -0.2) is 8.42 Å². The molecule has 0 unspecified atom stereocenters. The first kappa shape index (κ1) is 7.17. The molecular weight excluding hydrogens is 180 g/mol. The molecule has 0 aliphatic rings. The third-order valence-electron chi connectivity index (χ3n) is 0.402. The van der Waals surface area contributed by atoms with Crippen molar-refractivity contribution in [3.63, 3.8) is 0 Å². The molecule has 0 aliphatic heterocycles. The molecule has 0 radical (unpaired) electrons. The second-order valence-corrected chi connectivity index (χ2v) is 4.65. The maximum absolute atomic E-state index is 10.2. The summed E-state index contributed by atoms with van der Waals surface area (Å²) in [6.45, 7) is 3.16. The minimum atomic E-state index is -3.02. The van der Waals surface area contributed by atoms with Gasteiger partial charge in [-0.1, -0.05) is 6.58 Å². The number of halogens is 1. The van der Waals surface area contributed by atoms with E-state index in [2.05, 4.69) is 22.5 Å². The van der Waals surface area contributed by atoms with E-state index in [9.17, 15) is 8.42 Å². The van der Waals surface area contributed by atoms with Gasteiger partial charge in [-0.05, 0) is 15.9 Å². The smallest absolute Gasteiger partial charge is 0.181 e. The second-order valence-electron chi connectivity index (χ2n) is 1.13. The lowest BCUT2D eigenvalue weighted by Crippen LogP contribution is -1.91. The highest BCUT2D eigenvalue weighted by Crippen LogP contribution is 2.07. The Hall–Kier alpha value is 0.170. The SMILES string of the molecule is C=C(Br)S(C)(=O)=O. The van der Waals surface area contributed by atoms with Gasteiger partial charge in [-0.3, -0.25) is 0 Å². The molecule has 0 bridgehead atoms. The Balaban J connectivity index is 4.43. The highest BCUT2D eigenvalue weighted by molar-refractivity contribution is 9.13. The lowest BCUT2D eigenvalue weighted by atomic mass is 11.3. The van der Waals surface area contributed by atoms with E-state index in [0.717, 1.165) is 6.26 Å². The Labute approximate surface area is 51.3 Å². The van der Waals surface area contributed by atoms with Crippen LogP contribution in [0, 0.1) is 0 Å². The van der Waals surface area contributed by atoms with Crippen molar-refractivity contribution in [1.82, 2.24) is 0 Å². The van der Waals surface area contributed by atoms with Crippen LogP contribution in [0.2, 0.25) is 0 Å². The van der Waals surface area contributed by atoms with Gasteiger partial charge in [0.1, 0.15) is 3.81 Å². The summed E-state index contributed by atoms with van der Waals surface area (Å²) < 4.78 is 20.4. The molecule has 0 N–H and O–H groups in total. The van der Waals surface area contributed by atoms with Crippen molar-refractivity contribution >= 4 is 25.8 Å². The van der Waals surface area contributed by atoms with Crippen molar-refractivity contribution in [2.24, 2.45) is 0 Å². The molecule has 0 aromatic carbocycles. The largest absolute Gasteiger partial charge is 0.223 e. The molecule has 42 valence electrons. The molecule has 2 nitrogen and oxygen atoms in total. The van der Waals surface area contributed by atoms with Gasteiger partial charge in [0, 0.05) is 6.26 Å². The maximum atomic E-state index is 10.2. The van der Waals surface area contributed by atoms with Crippen LogP contribution in [0.1, 0.15) is 0 Å². The summed E-state index contributed by atoms with van der Waals surface area (Å²) in [6, 6.07) is 0. The van der Waals surface area contributed by atoms with Crippen LogP contribution in [0.25, 0.3) is 0 Å². The molecule has 0 saturated heterocycles. The number of sulfone groups is 1. The first-order valence-electron chi connectivity index (χ1n) is 1.49. The van der Waals surface area contributed by atoms with Crippen LogP contribution in [0.5, 0.6) is 0 Å². The predicted molar refractivity (Wildman–Crippen MR) is 32.9 cm³/mol. The van der Waals surface area contributed by atoms with E-state index in [-0.39, 0.29) is 3.81 Å². The average molecular weight is 185 g/mol. The standard InChI is InChI=1S/C3H5BrO2S/c1-3(4)7(2,5)6/h1H2,2H3. The van der Waals surface area contributed by atoms with Crippen LogP contribution in [-0.4, -0.2) is 14.7 Å². The molecule has 0 rings (SSSR count). The summed E-state index contributed by atoms with van der Waals surface area (Å²) in [5.74, 6) is 0. The summed E-state index contributed by atoms with van der Waals surface area (Å²) >= 11 is 2.71. The molecule has 0 spiro atoms. The second kappa shape index (κ2) is 1.96. The van der Waals surface area contributed by atoms with Crippen LogP contribution in [0.15, 0.2) is 10.4 Å². The topological polar surface area (TPSA) is 34.1 Å². The maximum Gasteiger partial charge on any atom is 0.181 e. The molecule has 0 aliphatic carbocycles. The fourth-order valence-corrected chi connectivity index (χ4v) is 0. The van der Waals surface area contributed by atoms with E-state index < -0.39 is 9.84 Å². The van der Waals surface area contributed by atoms with Crippen molar-refractivity contribution in [1.29, 1.82) is 0 Å². The summed E-state index contributed by atoms with van der Waals surface area (Å²) in [7, 11) is -3.02. The first-order valence-corrected chi connectivity index (χ1v) is 4.17. The van der Waals surface area contributed by atoms with E-state index in [4.69, 9.17) is 0 Å². The minimum Gasteiger partial charge on any atom is -0.223 e. The number of rotatable bonds is 1. The van der Waals surface area contributed by atoms with Crippen LogP contribution in [0.3, 0.4) is 0 Å². The van der Waals surface area contributed by atoms with Crippen LogP contribution < -0.4 is 0 Å². The molecule has 7 heavy (non-hydrogen) atoms. The molecule has 0 atom stereocenters. The Morgan fingerprint density at radius 1 is 1.71 bits per heavy atom. The predicted octanol–water partition coefficient (Wildman–Crippen LogP) is 0.897. The monoisotopic (exact) mass is 184 g/mol. The fourth-order valence-electron chi connectivity index (χ4n) is 0. The van der Waals surface area contributed by atoms with Gasteiger partial charge >= 0.3 is 0 Å². The van der Waals surface area contributed by atoms with Gasteiger partial charge in [-0.15, -0.1) is 0 Å². The zero-order valence-corrected chi connectivity index (χ0v) is 6.21. The zero-order valence-electron chi connectivity index (χ0n) is 3.81. The molecule has 0 aromatic rings. The lowest BCUT2D eigenvalue weighted by molar-refractivity contribution is 0.609. The number of hydrogen-bond acceptors (Lipinski definition) is 2. The third kappa shape index (κ3) is 2.82. The van der Waals surface area contributed by atoms with Gasteiger partial charge in [-0.2, -0.15) is 0 Å². The van der Waals surface area contributed by atoms with E-state index in [0.29, 0.717) is 0 Å². The van der Waals surface area contributed by atoms with Gasteiger partial charge in [0.2, 0.25) is 0 Å². The van der Waals surface area contributed by atoms with E-state index in [1.165, 1.54) is 0 Å². The Morgan fingerprint density at radius 2 is 1.86 bits per heavy atom. The van der Waals surface area contributed by atoms with E-state index >= 15 is 0 Å². The van der Waals surface area contributed by atoms with E-state index in [1.54, 1.807) is 0 Å². The van der Waals surface area contributed by atoms with Crippen molar-refractivity contribution in [2.45, 2.75) is 0 Å². The first-order chi connectivity index (χ1) is 2.94. The molecule has 0 saturated carbocycles. The molecule has 4 heteroatoms. The highest BCUT2D eigenvalue weighted by Gasteiger charge is 2.00. The number of hydrogen-bond donors (Lipinski definition) is 0. The molecule has 0 aromatic heterocycles. The minimum absolute atomic E-state index is 0.0278. The summed E-state index contributed by atoms with van der Waals surface area (Å²) in [4.78, 5) is 0. The quantitative estimate of drug-likeness (QED) is 0.608. The van der Waals surface area contributed by atoms with Crippen LogP contribution in [0.4, 0.5) is 0 Å². The van der Waals surface area contributed by atoms with Gasteiger partial charge in [0.15, 0.2) is 9.84 Å². The van der Waals surface area contributed by atoms with Crippen molar-refractivity contribution < 1.29 is 8.42 Å². The van der Waals surface area contributed by atoms with E-state index in [1.807, 2.05) is 0 Å². The summed E-state index contributed by atoms with van der Waals surface area (Å²) in [6.07, 6.45) is 1.09. The molecular formula is C3H5BrO2S. The zero-order chi connectivity index (χ0) is 6.08. The molecule has 0 fully saturated rings. The Kier molecular flexibility index (Phi) is 2.01. The van der Waals surface area contributed by atoms with Crippen LogP contribution >= 0.6 is 15.9 Å². The lowest BCUT2D eigenvalue weighted by Gasteiger charge is -1.85. The molecule has 0 heterocycles. The summed E-state index contributed by atoms with van der Waals surface area (Å²) in [5.41, 5.74) is 0. The van der Waals surface area contributed by atoms with Gasteiger partial charge in [0.25, 0.3) is 0 Å². The molecule has 0 amide bonds. The Morgan fingerprint density at radius 3 is 1.86 bits per heavy atom. The third-order valence-corrected chi connectivity index (χ3v) is 2.97. The Bertz CT molecular complexity index is 167. The van der Waals surface area contributed by atoms with Crippen LogP contribution in [-0.2, 0) is 9.84 Å². The van der Waals surface area contributed by atoms with Gasteiger partial charge < -0.3 is 0 Å². The highest BCUT2D eigenvalue weighted by atomic mass is 79.9. The van der Waals surface area contributed by atoms with Crippen molar-refractivity contribution in [2.75, 3.05) is 6.26 Å². The van der Waals surface area contributed by atoms with Crippen molar-refractivity contribution in [3.05, 3.63) is 10.4 Å². The normalized spacial score (nSPS) is 11.1. The van der Waals surface area contributed by atoms with Gasteiger partial charge in [0.05, 0.1) is 0 Å². The fraction of sp³-hybridized carbons (Fsp3) is 0.333.